The van der Waals surface area contributed by atoms with E-state index in [0.717, 1.165) is 17.7 Å². The van der Waals surface area contributed by atoms with Crippen LogP contribution in [0, 0.1) is 25.5 Å². The van der Waals surface area contributed by atoms with E-state index in [2.05, 4.69) is 5.32 Å². The zero-order valence-electron chi connectivity index (χ0n) is 16.7. The zero-order chi connectivity index (χ0) is 22.3. The zero-order valence-corrected chi connectivity index (χ0v) is 17.4. The highest BCUT2D eigenvalue weighted by atomic mass is 35.5. The third kappa shape index (κ3) is 3.70. The van der Waals surface area contributed by atoms with Gasteiger partial charge in [0.1, 0.15) is 17.3 Å². The lowest BCUT2D eigenvalue weighted by Gasteiger charge is -2.16. The number of aryl methyl sites for hydroxylation is 1. The van der Waals surface area contributed by atoms with Crippen molar-refractivity contribution in [3.63, 3.8) is 0 Å². The molecule has 0 saturated heterocycles. The number of rotatable bonds is 4. The Bertz CT molecular complexity index is 1250. The molecule has 0 spiro atoms. The number of hydrogen-bond acceptors (Lipinski definition) is 3. The fourth-order valence-corrected chi connectivity index (χ4v) is 3.57. The van der Waals surface area contributed by atoms with Crippen LogP contribution in [0.4, 0.5) is 20.2 Å². The minimum absolute atomic E-state index is 0.0112. The number of carbonyl (C=O) groups excluding carboxylic acids is 2. The topological polar surface area (TPSA) is 49.4 Å². The highest BCUT2D eigenvalue weighted by molar-refractivity contribution is 6.46. The Morgan fingerprint density at radius 3 is 2.29 bits per heavy atom. The summed E-state index contributed by atoms with van der Waals surface area (Å²) in [4.78, 5) is 27.3. The minimum atomic E-state index is -1.01. The second-order valence-corrected chi connectivity index (χ2v) is 7.60. The van der Waals surface area contributed by atoms with Gasteiger partial charge in [-0.1, -0.05) is 47.5 Å². The largest absolute Gasteiger partial charge is 0.350 e. The number of anilines is 2. The van der Waals surface area contributed by atoms with E-state index in [-0.39, 0.29) is 17.0 Å². The molecule has 3 aromatic carbocycles. The van der Waals surface area contributed by atoms with E-state index < -0.39 is 23.4 Å². The van der Waals surface area contributed by atoms with E-state index in [0.29, 0.717) is 32.8 Å². The molecular weight excluding hydrogens is 422 g/mol. The van der Waals surface area contributed by atoms with Crippen molar-refractivity contribution in [3.8, 4) is 0 Å². The van der Waals surface area contributed by atoms with Crippen LogP contribution in [0.2, 0.25) is 5.02 Å². The Labute approximate surface area is 182 Å². The van der Waals surface area contributed by atoms with Gasteiger partial charge in [0.15, 0.2) is 0 Å². The van der Waals surface area contributed by atoms with Gasteiger partial charge >= 0.3 is 0 Å². The molecule has 4 nitrogen and oxygen atoms in total. The van der Waals surface area contributed by atoms with Crippen molar-refractivity contribution in [3.05, 3.63) is 99.7 Å². The third-order valence-corrected chi connectivity index (χ3v) is 5.51. The lowest BCUT2D eigenvalue weighted by Crippen LogP contribution is -2.33. The Morgan fingerprint density at radius 2 is 1.61 bits per heavy atom. The Hall–Kier alpha value is -3.51. The number of halogens is 3. The predicted octanol–water partition coefficient (Wildman–Crippen LogP) is 5.63. The molecule has 0 radical (unpaired) electrons. The molecule has 1 N–H and O–H groups in total. The number of carbonyl (C=O) groups is 2. The number of nitrogens with one attached hydrogen (secondary N) is 1. The minimum Gasteiger partial charge on any atom is -0.350 e. The molecule has 2 amide bonds. The summed E-state index contributed by atoms with van der Waals surface area (Å²) >= 11 is 6.19. The van der Waals surface area contributed by atoms with E-state index >= 15 is 0 Å². The predicted molar refractivity (Wildman–Crippen MR) is 117 cm³/mol. The summed E-state index contributed by atoms with van der Waals surface area (Å²) in [6.45, 7) is 3.67. The number of amides is 2. The summed E-state index contributed by atoms with van der Waals surface area (Å²) in [7, 11) is 0. The van der Waals surface area contributed by atoms with Crippen LogP contribution in [0.15, 0.2) is 66.4 Å². The van der Waals surface area contributed by atoms with Crippen LogP contribution in [0.5, 0.6) is 0 Å². The first kappa shape index (κ1) is 20.8. The van der Waals surface area contributed by atoms with E-state index in [1.54, 1.807) is 37.3 Å². The van der Waals surface area contributed by atoms with Crippen LogP contribution >= 0.6 is 11.6 Å². The Kier molecular flexibility index (Phi) is 5.33. The van der Waals surface area contributed by atoms with Crippen LogP contribution in [0.3, 0.4) is 0 Å². The molecule has 3 aromatic rings. The van der Waals surface area contributed by atoms with E-state index in [1.807, 2.05) is 19.1 Å². The normalized spacial score (nSPS) is 13.9. The maximum atomic E-state index is 14.5. The van der Waals surface area contributed by atoms with Gasteiger partial charge in [-0.25, -0.2) is 13.7 Å². The molecule has 31 heavy (non-hydrogen) atoms. The average Bonchev–Trinajstić information content (AvgIpc) is 2.96. The third-order valence-electron chi connectivity index (χ3n) is 5.10. The van der Waals surface area contributed by atoms with Crippen molar-refractivity contribution in [2.24, 2.45) is 0 Å². The van der Waals surface area contributed by atoms with E-state index in [1.165, 1.54) is 0 Å². The highest BCUT2D eigenvalue weighted by Gasteiger charge is 2.41. The van der Waals surface area contributed by atoms with Gasteiger partial charge in [0.05, 0.1) is 11.3 Å². The number of hydrogen-bond donors (Lipinski definition) is 1. The first-order valence-electron chi connectivity index (χ1n) is 9.45. The van der Waals surface area contributed by atoms with Gasteiger partial charge in [0.2, 0.25) is 0 Å². The molecule has 0 aliphatic carbocycles. The van der Waals surface area contributed by atoms with Crippen molar-refractivity contribution in [2.45, 2.75) is 13.8 Å². The van der Waals surface area contributed by atoms with Gasteiger partial charge < -0.3 is 5.32 Å². The molecule has 0 fully saturated rings. The highest BCUT2D eigenvalue weighted by Crippen LogP contribution is 2.36. The molecule has 4 rings (SSSR count). The van der Waals surface area contributed by atoms with E-state index in [9.17, 15) is 18.4 Å². The van der Waals surface area contributed by atoms with Crippen LogP contribution in [-0.2, 0) is 9.59 Å². The van der Waals surface area contributed by atoms with E-state index in [4.69, 9.17) is 11.6 Å². The Balaban J connectivity index is 1.87. The maximum Gasteiger partial charge on any atom is 0.282 e. The molecule has 1 heterocycles. The van der Waals surface area contributed by atoms with Crippen molar-refractivity contribution in [2.75, 3.05) is 10.2 Å². The van der Waals surface area contributed by atoms with Gasteiger partial charge in [-0.15, -0.1) is 0 Å². The summed E-state index contributed by atoms with van der Waals surface area (Å²) < 4.78 is 27.9. The molecule has 0 atom stereocenters. The molecule has 0 unspecified atom stereocenters. The quantitative estimate of drug-likeness (QED) is 0.537. The van der Waals surface area contributed by atoms with Gasteiger partial charge in [-0.3, -0.25) is 9.59 Å². The van der Waals surface area contributed by atoms with Crippen molar-refractivity contribution >= 4 is 40.4 Å². The van der Waals surface area contributed by atoms with Gasteiger partial charge in [-0.2, -0.15) is 0 Å². The molecule has 1 aliphatic heterocycles. The Morgan fingerprint density at radius 1 is 0.903 bits per heavy atom. The summed E-state index contributed by atoms with van der Waals surface area (Å²) in [5.74, 6) is -3.27. The van der Waals surface area contributed by atoms with Crippen LogP contribution in [0.1, 0.15) is 16.7 Å². The fraction of sp³-hybridized carbons (Fsp3) is 0.0833. The number of nitrogens with zero attached hydrogens (tertiary/aromatic N) is 1. The SMILES string of the molecule is Cc1ccc(C2=C(Nc3cccc(Cl)c3C)C(=O)N(c3ccc(F)cc3F)C2=O)cc1. The van der Waals surface area contributed by atoms with Gasteiger partial charge in [0, 0.05) is 16.8 Å². The standard InChI is InChI=1S/C24H17ClF2N2O2/c1-13-6-8-15(9-7-13)21-22(28-19-5-3-4-17(25)14(19)2)24(31)29(23(21)30)20-11-10-16(26)12-18(20)27/h3-12,28H,1-2H3. The van der Waals surface area contributed by atoms with Crippen molar-refractivity contribution in [1.29, 1.82) is 0 Å². The number of benzene rings is 3. The monoisotopic (exact) mass is 438 g/mol. The second-order valence-electron chi connectivity index (χ2n) is 7.19. The average molecular weight is 439 g/mol. The van der Waals surface area contributed by atoms with Gasteiger partial charge in [0.25, 0.3) is 11.8 Å². The maximum absolute atomic E-state index is 14.5. The molecule has 0 saturated carbocycles. The smallest absolute Gasteiger partial charge is 0.282 e. The molecular formula is C24H17ClF2N2O2. The summed E-state index contributed by atoms with van der Waals surface area (Å²) in [5, 5.41) is 3.50. The molecule has 1 aliphatic rings. The molecule has 0 bridgehead atoms. The molecule has 0 aromatic heterocycles. The lowest BCUT2D eigenvalue weighted by atomic mass is 10.0. The summed E-state index contributed by atoms with van der Waals surface area (Å²) in [6.07, 6.45) is 0. The van der Waals surface area contributed by atoms with Gasteiger partial charge in [-0.05, 0) is 49.2 Å². The fourth-order valence-electron chi connectivity index (χ4n) is 3.39. The lowest BCUT2D eigenvalue weighted by molar-refractivity contribution is -0.120. The van der Waals surface area contributed by atoms with Crippen molar-refractivity contribution < 1.29 is 18.4 Å². The molecule has 156 valence electrons. The number of imide groups is 1. The summed E-state index contributed by atoms with van der Waals surface area (Å²) in [6, 6.07) is 14.9. The van der Waals surface area contributed by atoms with Crippen LogP contribution in [-0.4, -0.2) is 11.8 Å². The van der Waals surface area contributed by atoms with Crippen molar-refractivity contribution in [1.82, 2.24) is 0 Å². The van der Waals surface area contributed by atoms with Crippen LogP contribution in [0.25, 0.3) is 5.57 Å². The first-order valence-corrected chi connectivity index (χ1v) is 9.83. The second kappa shape index (κ2) is 7.96. The van der Waals surface area contributed by atoms with Crippen LogP contribution < -0.4 is 10.2 Å². The molecule has 7 heteroatoms. The first-order chi connectivity index (χ1) is 14.8. The summed E-state index contributed by atoms with van der Waals surface area (Å²) in [5.41, 5.74) is 2.46.